The fourth-order valence-corrected chi connectivity index (χ4v) is 3.94. The van der Waals surface area contributed by atoms with Gasteiger partial charge in [-0.3, -0.25) is 14.6 Å². The molecule has 0 N–H and O–H groups in total. The van der Waals surface area contributed by atoms with Crippen molar-refractivity contribution in [3.8, 4) is 0 Å². The number of aryl methyl sites for hydroxylation is 1. The molecule has 0 saturated carbocycles. The van der Waals surface area contributed by atoms with E-state index < -0.39 is 5.54 Å². The number of benzene rings is 2. The van der Waals surface area contributed by atoms with Gasteiger partial charge >= 0.3 is 0 Å². The minimum absolute atomic E-state index is 0.201. The maximum atomic E-state index is 13.8. The first kappa shape index (κ1) is 20.7. The second kappa shape index (κ2) is 9.46. The van der Waals surface area contributed by atoms with Gasteiger partial charge in [-0.05, 0) is 39.4 Å². The second-order valence-corrected chi connectivity index (χ2v) is 7.99. The number of ketones is 1. The van der Waals surface area contributed by atoms with Crippen LogP contribution >= 0.6 is 0 Å². The number of carbonyl (C=O) groups is 1. The number of carbonyl (C=O) groups excluding carboxylic acids is 1. The molecule has 1 fully saturated rings. The summed E-state index contributed by atoms with van der Waals surface area (Å²) in [7, 11) is 4.07. The van der Waals surface area contributed by atoms with Gasteiger partial charge in [0, 0.05) is 25.2 Å². The van der Waals surface area contributed by atoms with Crippen LogP contribution in [0.3, 0.4) is 0 Å². The Balaban J connectivity index is 1.91. The van der Waals surface area contributed by atoms with Crippen molar-refractivity contribution in [3.05, 3.63) is 71.3 Å². The van der Waals surface area contributed by atoms with E-state index in [0.29, 0.717) is 6.42 Å². The van der Waals surface area contributed by atoms with Gasteiger partial charge < -0.3 is 4.74 Å². The van der Waals surface area contributed by atoms with E-state index in [1.54, 1.807) is 0 Å². The summed E-state index contributed by atoms with van der Waals surface area (Å²) >= 11 is 0. The molecule has 1 atom stereocenters. The second-order valence-electron chi connectivity index (χ2n) is 7.99. The monoisotopic (exact) mass is 380 g/mol. The molecule has 2 aromatic carbocycles. The van der Waals surface area contributed by atoms with Crippen LogP contribution in [-0.2, 0) is 11.2 Å². The lowest BCUT2D eigenvalue weighted by molar-refractivity contribution is 0.0263. The Morgan fingerprint density at radius 2 is 1.68 bits per heavy atom. The summed E-state index contributed by atoms with van der Waals surface area (Å²) in [6.45, 7) is 6.42. The van der Waals surface area contributed by atoms with Gasteiger partial charge in [0.05, 0.1) is 18.8 Å². The van der Waals surface area contributed by atoms with Crippen molar-refractivity contribution in [2.75, 3.05) is 46.9 Å². The fraction of sp³-hybridized carbons (Fsp3) is 0.458. The molecule has 1 aliphatic rings. The van der Waals surface area contributed by atoms with Crippen LogP contribution in [0.2, 0.25) is 0 Å². The molecular weight excluding hydrogens is 348 g/mol. The van der Waals surface area contributed by atoms with Crippen LogP contribution in [0.1, 0.15) is 27.9 Å². The van der Waals surface area contributed by atoms with Gasteiger partial charge in [-0.15, -0.1) is 0 Å². The van der Waals surface area contributed by atoms with Crippen LogP contribution < -0.4 is 0 Å². The number of Topliss-reactive ketones (excluding diaryl/α,β-unsaturated/α-hetero) is 1. The lowest BCUT2D eigenvalue weighted by Crippen LogP contribution is -2.55. The van der Waals surface area contributed by atoms with Crippen LogP contribution in [0.25, 0.3) is 0 Å². The fourth-order valence-electron chi connectivity index (χ4n) is 3.94. The van der Waals surface area contributed by atoms with Crippen molar-refractivity contribution in [3.63, 3.8) is 0 Å². The molecule has 3 rings (SSSR count). The summed E-state index contributed by atoms with van der Waals surface area (Å²) in [4.78, 5) is 18.3. The number of morpholine rings is 1. The first-order valence-corrected chi connectivity index (χ1v) is 10.1. The van der Waals surface area contributed by atoms with Gasteiger partial charge in [-0.2, -0.15) is 0 Å². The topological polar surface area (TPSA) is 32.8 Å². The standard InChI is InChI=1S/C24H32N2O2/c1-20-9-11-21(12-10-20)19-24(25(2)3,13-14-26-15-17-28-18-16-26)23(27)22-7-5-4-6-8-22/h4-12H,13-19H2,1-3H3. The zero-order valence-electron chi connectivity index (χ0n) is 17.4. The number of ether oxygens (including phenoxy) is 1. The zero-order chi connectivity index (χ0) is 20.0. The van der Waals surface area contributed by atoms with E-state index in [0.717, 1.165) is 44.8 Å². The largest absolute Gasteiger partial charge is 0.379 e. The van der Waals surface area contributed by atoms with Gasteiger partial charge in [-0.25, -0.2) is 0 Å². The predicted molar refractivity (Wildman–Crippen MR) is 114 cm³/mol. The third-order valence-corrected chi connectivity index (χ3v) is 5.88. The molecule has 1 aliphatic heterocycles. The Hall–Kier alpha value is -2.01. The van der Waals surface area contributed by atoms with Crippen LogP contribution in [0.5, 0.6) is 0 Å². The molecule has 1 saturated heterocycles. The molecule has 0 amide bonds. The van der Waals surface area contributed by atoms with Crippen molar-refractivity contribution in [1.82, 2.24) is 9.80 Å². The molecule has 2 aromatic rings. The molecule has 0 aliphatic carbocycles. The molecule has 0 aromatic heterocycles. The van der Waals surface area contributed by atoms with Crippen molar-refractivity contribution < 1.29 is 9.53 Å². The third kappa shape index (κ3) is 4.88. The van der Waals surface area contributed by atoms with Gasteiger partial charge in [0.25, 0.3) is 0 Å². The first-order valence-electron chi connectivity index (χ1n) is 10.1. The molecule has 0 bridgehead atoms. The third-order valence-electron chi connectivity index (χ3n) is 5.88. The maximum Gasteiger partial charge on any atom is 0.183 e. The summed E-state index contributed by atoms with van der Waals surface area (Å²) in [5.41, 5.74) is 2.65. The van der Waals surface area contributed by atoms with E-state index in [1.807, 2.05) is 44.4 Å². The summed E-state index contributed by atoms with van der Waals surface area (Å²) in [6, 6.07) is 18.3. The van der Waals surface area contributed by atoms with E-state index in [1.165, 1.54) is 11.1 Å². The molecule has 4 heteroatoms. The van der Waals surface area contributed by atoms with Crippen molar-refractivity contribution in [2.45, 2.75) is 25.3 Å². The van der Waals surface area contributed by atoms with E-state index in [4.69, 9.17) is 4.74 Å². The Morgan fingerprint density at radius 1 is 1.04 bits per heavy atom. The summed E-state index contributed by atoms with van der Waals surface area (Å²) in [5.74, 6) is 0.201. The Morgan fingerprint density at radius 3 is 2.29 bits per heavy atom. The molecule has 1 heterocycles. The molecule has 150 valence electrons. The summed E-state index contributed by atoms with van der Waals surface area (Å²) in [5, 5.41) is 0. The van der Waals surface area contributed by atoms with Gasteiger partial charge in [0.15, 0.2) is 5.78 Å². The van der Waals surface area contributed by atoms with Crippen LogP contribution in [0, 0.1) is 6.92 Å². The van der Waals surface area contributed by atoms with E-state index in [9.17, 15) is 4.79 Å². The minimum atomic E-state index is -0.574. The number of hydrogen-bond donors (Lipinski definition) is 0. The zero-order valence-corrected chi connectivity index (χ0v) is 17.4. The SMILES string of the molecule is Cc1ccc(CC(CCN2CCOCC2)(C(=O)c2ccccc2)N(C)C)cc1. The summed E-state index contributed by atoms with van der Waals surface area (Å²) < 4.78 is 5.48. The van der Waals surface area contributed by atoms with Gasteiger partial charge in [0.2, 0.25) is 0 Å². The van der Waals surface area contributed by atoms with Crippen LogP contribution in [-0.4, -0.2) is 68.1 Å². The Labute approximate surface area is 169 Å². The Bertz CT molecular complexity index is 752. The highest BCUT2D eigenvalue weighted by atomic mass is 16.5. The number of likely N-dealkylation sites (N-methyl/N-ethyl adjacent to an activating group) is 1. The first-order chi connectivity index (χ1) is 13.5. The normalized spacial score (nSPS) is 17.4. The number of rotatable bonds is 8. The van der Waals surface area contributed by atoms with Gasteiger partial charge in [0.1, 0.15) is 0 Å². The van der Waals surface area contributed by atoms with Crippen LogP contribution in [0.4, 0.5) is 0 Å². The number of hydrogen-bond acceptors (Lipinski definition) is 4. The smallest absolute Gasteiger partial charge is 0.183 e. The van der Waals surface area contributed by atoms with Crippen molar-refractivity contribution >= 4 is 5.78 Å². The quantitative estimate of drug-likeness (QED) is 0.657. The average molecular weight is 381 g/mol. The molecule has 28 heavy (non-hydrogen) atoms. The summed E-state index contributed by atoms with van der Waals surface area (Å²) in [6.07, 6.45) is 1.50. The van der Waals surface area contributed by atoms with E-state index >= 15 is 0 Å². The highest BCUT2D eigenvalue weighted by Gasteiger charge is 2.41. The van der Waals surface area contributed by atoms with Crippen molar-refractivity contribution in [1.29, 1.82) is 0 Å². The molecule has 0 radical (unpaired) electrons. The lowest BCUT2D eigenvalue weighted by Gasteiger charge is -2.41. The average Bonchev–Trinajstić information content (AvgIpc) is 2.73. The lowest BCUT2D eigenvalue weighted by atomic mass is 9.79. The number of nitrogens with zero attached hydrogens (tertiary/aromatic N) is 2. The minimum Gasteiger partial charge on any atom is -0.379 e. The van der Waals surface area contributed by atoms with E-state index in [-0.39, 0.29) is 5.78 Å². The van der Waals surface area contributed by atoms with Crippen molar-refractivity contribution in [2.24, 2.45) is 0 Å². The Kier molecular flexibility index (Phi) is 7.00. The highest BCUT2D eigenvalue weighted by Crippen LogP contribution is 2.29. The highest BCUT2D eigenvalue weighted by molar-refractivity contribution is 6.03. The van der Waals surface area contributed by atoms with Gasteiger partial charge in [-0.1, -0.05) is 60.2 Å². The van der Waals surface area contributed by atoms with E-state index in [2.05, 4.69) is 41.0 Å². The molecule has 4 nitrogen and oxygen atoms in total. The molecule has 0 spiro atoms. The molecule has 1 unspecified atom stereocenters. The molecular formula is C24H32N2O2. The maximum absolute atomic E-state index is 13.8. The van der Waals surface area contributed by atoms with Crippen LogP contribution in [0.15, 0.2) is 54.6 Å². The predicted octanol–water partition coefficient (Wildman–Crippen LogP) is 3.44.